The Hall–Kier alpha value is -0.750. The van der Waals surface area contributed by atoms with Gasteiger partial charge < -0.3 is 0 Å². The van der Waals surface area contributed by atoms with Crippen molar-refractivity contribution in [1.29, 1.82) is 0 Å². The Morgan fingerprint density at radius 2 is 1.89 bits per heavy atom. The van der Waals surface area contributed by atoms with E-state index in [0.717, 1.165) is 20.1 Å². The molecule has 0 saturated carbocycles. The Morgan fingerprint density at radius 1 is 1.16 bits per heavy atom. The zero-order valence-corrected chi connectivity index (χ0v) is 13.2. The number of nitrogens with one attached hydrogen (secondary N) is 1. The van der Waals surface area contributed by atoms with Crippen molar-refractivity contribution < 1.29 is 4.39 Å². The average molecular weight is 388 g/mol. The highest BCUT2D eigenvalue weighted by Gasteiger charge is 2.14. The Morgan fingerprint density at radius 3 is 2.53 bits per heavy atom. The molecule has 2 aromatic rings. The normalized spacial score (nSPS) is 12.4. The molecule has 5 heteroatoms. The van der Waals surface area contributed by atoms with Gasteiger partial charge in [-0.25, -0.2) is 4.39 Å². The third-order valence-electron chi connectivity index (χ3n) is 2.84. The fourth-order valence-electron chi connectivity index (χ4n) is 1.98. The first-order valence-corrected chi connectivity index (χ1v) is 7.34. The third kappa shape index (κ3) is 3.86. The summed E-state index contributed by atoms with van der Waals surface area (Å²) >= 11 is 6.80. The first-order chi connectivity index (χ1) is 9.10. The zero-order valence-electron chi connectivity index (χ0n) is 10.0. The molecule has 0 aliphatic carbocycles. The molecule has 3 N–H and O–H groups in total. The molecule has 0 spiro atoms. The van der Waals surface area contributed by atoms with Crippen molar-refractivity contribution >= 4 is 31.9 Å². The van der Waals surface area contributed by atoms with Crippen molar-refractivity contribution in [3.05, 3.63) is 68.4 Å². The molecule has 1 unspecified atom stereocenters. The maximum absolute atomic E-state index is 13.4. The number of hydrazine groups is 1. The van der Waals surface area contributed by atoms with Crippen LogP contribution >= 0.6 is 31.9 Å². The number of hydrogen-bond acceptors (Lipinski definition) is 2. The van der Waals surface area contributed by atoms with Crippen LogP contribution in [0.2, 0.25) is 0 Å². The summed E-state index contributed by atoms with van der Waals surface area (Å²) in [6.07, 6.45) is 0.607. The Labute approximate surface area is 128 Å². The smallest absolute Gasteiger partial charge is 0.124 e. The second-order valence-electron chi connectivity index (χ2n) is 4.22. The SMILES string of the molecule is NNC(Cc1cc(F)cc(Br)c1)c1ccccc1Br. The zero-order chi connectivity index (χ0) is 13.8. The number of hydrogen-bond donors (Lipinski definition) is 2. The lowest BCUT2D eigenvalue weighted by Gasteiger charge is -2.18. The molecular formula is C14H13Br2FN2. The van der Waals surface area contributed by atoms with E-state index >= 15 is 0 Å². The molecule has 0 amide bonds. The van der Waals surface area contributed by atoms with Crippen LogP contribution in [-0.2, 0) is 6.42 Å². The van der Waals surface area contributed by atoms with Crippen LogP contribution in [0.3, 0.4) is 0 Å². The van der Waals surface area contributed by atoms with E-state index in [1.165, 1.54) is 12.1 Å². The van der Waals surface area contributed by atoms with Crippen molar-refractivity contribution in [3.8, 4) is 0 Å². The second-order valence-corrected chi connectivity index (χ2v) is 5.99. The standard InChI is InChI=1S/C14H13Br2FN2/c15-10-5-9(6-11(17)8-10)7-14(19-18)12-3-1-2-4-13(12)16/h1-6,8,14,19H,7,18H2. The molecule has 2 nitrogen and oxygen atoms in total. The lowest BCUT2D eigenvalue weighted by atomic mass is 9.99. The Bertz CT molecular complexity index is 555. The molecule has 1 atom stereocenters. The monoisotopic (exact) mass is 386 g/mol. The highest BCUT2D eigenvalue weighted by molar-refractivity contribution is 9.10. The van der Waals surface area contributed by atoms with Gasteiger partial charge in [0, 0.05) is 8.95 Å². The number of rotatable bonds is 4. The van der Waals surface area contributed by atoms with Gasteiger partial charge in [0.1, 0.15) is 5.82 Å². The van der Waals surface area contributed by atoms with E-state index in [4.69, 9.17) is 5.84 Å². The predicted molar refractivity (Wildman–Crippen MR) is 82.0 cm³/mol. The van der Waals surface area contributed by atoms with Crippen molar-refractivity contribution in [2.75, 3.05) is 0 Å². The first-order valence-electron chi connectivity index (χ1n) is 5.75. The van der Waals surface area contributed by atoms with Crippen molar-refractivity contribution in [1.82, 2.24) is 5.43 Å². The highest BCUT2D eigenvalue weighted by atomic mass is 79.9. The quantitative estimate of drug-likeness (QED) is 0.612. The fraction of sp³-hybridized carbons (Fsp3) is 0.143. The molecule has 0 aliphatic heterocycles. The van der Waals surface area contributed by atoms with Crippen LogP contribution in [0.5, 0.6) is 0 Å². The molecule has 100 valence electrons. The minimum atomic E-state index is -0.257. The molecule has 0 bridgehead atoms. The van der Waals surface area contributed by atoms with E-state index < -0.39 is 0 Å². The molecule has 2 aromatic carbocycles. The lowest BCUT2D eigenvalue weighted by molar-refractivity contribution is 0.546. The minimum absolute atomic E-state index is 0.0794. The molecule has 0 aliphatic rings. The van der Waals surface area contributed by atoms with Gasteiger partial charge >= 0.3 is 0 Å². The summed E-state index contributed by atoms with van der Waals surface area (Å²) < 4.78 is 15.1. The van der Waals surface area contributed by atoms with Crippen LogP contribution in [0.1, 0.15) is 17.2 Å². The summed E-state index contributed by atoms with van der Waals surface area (Å²) in [4.78, 5) is 0. The first kappa shape index (κ1) is 14.7. The summed E-state index contributed by atoms with van der Waals surface area (Å²) in [5, 5.41) is 0. The van der Waals surface area contributed by atoms with Gasteiger partial charge in [0.2, 0.25) is 0 Å². The summed E-state index contributed by atoms with van der Waals surface area (Å²) in [7, 11) is 0. The minimum Gasteiger partial charge on any atom is -0.271 e. The van der Waals surface area contributed by atoms with Crippen molar-refractivity contribution in [2.24, 2.45) is 5.84 Å². The largest absolute Gasteiger partial charge is 0.271 e. The molecule has 19 heavy (non-hydrogen) atoms. The molecule has 2 rings (SSSR count). The number of benzene rings is 2. The molecule has 0 saturated heterocycles. The summed E-state index contributed by atoms with van der Waals surface area (Å²) in [6, 6.07) is 12.6. The van der Waals surface area contributed by atoms with Gasteiger partial charge in [0.05, 0.1) is 6.04 Å². The van der Waals surface area contributed by atoms with E-state index in [1.807, 2.05) is 30.3 Å². The van der Waals surface area contributed by atoms with Crippen LogP contribution < -0.4 is 11.3 Å². The summed E-state index contributed by atoms with van der Waals surface area (Å²) in [5.41, 5.74) is 4.71. The van der Waals surface area contributed by atoms with Gasteiger partial charge in [0.15, 0.2) is 0 Å². The molecule has 0 heterocycles. The van der Waals surface area contributed by atoms with Gasteiger partial charge in [0.25, 0.3) is 0 Å². The second kappa shape index (κ2) is 6.61. The molecule has 0 fully saturated rings. The van der Waals surface area contributed by atoms with Crippen LogP contribution in [0.15, 0.2) is 51.4 Å². The maximum Gasteiger partial charge on any atom is 0.124 e. The third-order valence-corrected chi connectivity index (χ3v) is 4.02. The topological polar surface area (TPSA) is 38.0 Å². The van der Waals surface area contributed by atoms with Crippen molar-refractivity contribution in [2.45, 2.75) is 12.5 Å². The van der Waals surface area contributed by atoms with Gasteiger partial charge in [-0.2, -0.15) is 0 Å². The Kier molecular flexibility index (Phi) is 5.10. The predicted octanol–water partition coefficient (Wildman–Crippen LogP) is 4.10. The molecule has 0 radical (unpaired) electrons. The van der Waals surface area contributed by atoms with Gasteiger partial charge in [-0.3, -0.25) is 11.3 Å². The summed E-state index contributed by atoms with van der Waals surface area (Å²) in [5.74, 6) is 5.36. The van der Waals surface area contributed by atoms with Gasteiger partial charge in [-0.1, -0.05) is 50.1 Å². The maximum atomic E-state index is 13.4. The number of halogens is 3. The molecular weight excluding hydrogens is 375 g/mol. The van der Waals surface area contributed by atoms with Crippen LogP contribution in [-0.4, -0.2) is 0 Å². The van der Waals surface area contributed by atoms with E-state index in [0.29, 0.717) is 6.42 Å². The average Bonchev–Trinajstić information content (AvgIpc) is 2.36. The highest BCUT2D eigenvalue weighted by Crippen LogP contribution is 2.26. The number of nitrogens with two attached hydrogens (primary N) is 1. The van der Waals surface area contributed by atoms with Gasteiger partial charge in [-0.05, 0) is 41.8 Å². The van der Waals surface area contributed by atoms with Crippen LogP contribution in [0, 0.1) is 5.82 Å². The molecule has 0 aromatic heterocycles. The van der Waals surface area contributed by atoms with E-state index in [1.54, 1.807) is 0 Å². The lowest BCUT2D eigenvalue weighted by Crippen LogP contribution is -2.29. The van der Waals surface area contributed by atoms with E-state index in [9.17, 15) is 4.39 Å². The van der Waals surface area contributed by atoms with E-state index in [2.05, 4.69) is 37.3 Å². The fourth-order valence-corrected chi connectivity index (χ4v) is 3.05. The van der Waals surface area contributed by atoms with Crippen LogP contribution in [0.25, 0.3) is 0 Å². The van der Waals surface area contributed by atoms with Crippen LogP contribution in [0.4, 0.5) is 4.39 Å². The van der Waals surface area contributed by atoms with E-state index in [-0.39, 0.29) is 11.9 Å². The van der Waals surface area contributed by atoms with Crippen molar-refractivity contribution in [3.63, 3.8) is 0 Å². The Balaban J connectivity index is 2.26. The van der Waals surface area contributed by atoms with Gasteiger partial charge in [-0.15, -0.1) is 0 Å². The summed E-state index contributed by atoms with van der Waals surface area (Å²) in [6.45, 7) is 0.